The molecule has 4 heterocycles. The molecule has 35 heavy (non-hydrogen) atoms. The number of carbonyl (C=O) groups excluding carboxylic acids is 1. The number of fused-ring (bicyclic) bond motifs is 1. The second-order valence-electron chi connectivity index (χ2n) is 8.21. The minimum atomic E-state index is -0.463. The number of halogens is 1. The number of aromatic nitrogens is 4. The summed E-state index contributed by atoms with van der Waals surface area (Å²) >= 11 is 0. The lowest BCUT2D eigenvalue weighted by Crippen LogP contribution is -2.40. The van der Waals surface area contributed by atoms with Crippen molar-refractivity contribution in [2.75, 3.05) is 13.1 Å². The maximum absolute atomic E-state index is 15.0. The molecule has 0 bridgehead atoms. The van der Waals surface area contributed by atoms with Crippen molar-refractivity contribution in [2.45, 2.75) is 18.9 Å². The molecular formula is C26H21FN6O2. The second kappa shape index (κ2) is 9.35. The molecule has 0 unspecified atom stereocenters. The highest BCUT2D eigenvalue weighted by atomic mass is 19.1. The third kappa shape index (κ3) is 4.22. The van der Waals surface area contributed by atoms with Crippen molar-refractivity contribution < 1.29 is 13.9 Å². The van der Waals surface area contributed by atoms with E-state index in [4.69, 9.17) is 9.84 Å². The standard InChI is InChI=1S/C26H21FN6O2/c1-2-24(34)32-11-3-4-19(16-32)33-26-21(14-30-15-22(26)27)25(31-33)17-5-7-20(8-6-17)35-23-9-10-29-13-18(23)12-28/h2,5-10,13-15,19H,1,3-4,11,16H2/t19-/m1/s1. The first kappa shape index (κ1) is 22.2. The number of nitrogens with zero attached hydrogens (tertiary/aromatic N) is 6. The molecule has 1 aromatic carbocycles. The van der Waals surface area contributed by atoms with Gasteiger partial charge in [0, 0.05) is 48.7 Å². The van der Waals surface area contributed by atoms with Crippen molar-refractivity contribution in [3.63, 3.8) is 0 Å². The van der Waals surface area contributed by atoms with Crippen LogP contribution in [0.2, 0.25) is 0 Å². The third-order valence-electron chi connectivity index (χ3n) is 6.05. The molecule has 8 nitrogen and oxygen atoms in total. The van der Waals surface area contributed by atoms with Crippen LogP contribution in [0.15, 0.2) is 67.8 Å². The summed E-state index contributed by atoms with van der Waals surface area (Å²) in [6.07, 6.45) is 8.65. The number of piperidine rings is 1. The Bertz CT molecular complexity index is 1460. The van der Waals surface area contributed by atoms with Gasteiger partial charge < -0.3 is 9.64 Å². The molecule has 1 atom stereocenters. The molecule has 0 saturated carbocycles. The Morgan fingerprint density at radius 2 is 2.03 bits per heavy atom. The van der Waals surface area contributed by atoms with Gasteiger partial charge in [0.1, 0.15) is 34.3 Å². The number of likely N-dealkylation sites (tertiary alicyclic amines) is 1. The molecule has 1 fully saturated rings. The second-order valence-corrected chi connectivity index (χ2v) is 8.21. The van der Waals surface area contributed by atoms with E-state index >= 15 is 0 Å². The highest BCUT2D eigenvalue weighted by molar-refractivity contribution is 5.93. The van der Waals surface area contributed by atoms with E-state index < -0.39 is 5.82 Å². The average molecular weight is 468 g/mol. The number of ether oxygens (including phenoxy) is 1. The molecule has 0 N–H and O–H groups in total. The van der Waals surface area contributed by atoms with E-state index in [1.165, 1.54) is 18.5 Å². The fourth-order valence-electron chi connectivity index (χ4n) is 4.37. The van der Waals surface area contributed by atoms with Crippen LogP contribution < -0.4 is 4.74 Å². The summed E-state index contributed by atoms with van der Waals surface area (Å²) in [6.45, 7) is 4.65. The SMILES string of the molecule is C=CC(=O)N1CCC[C@@H](n2nc(-c3ccc(Oc4ccncc4C#N)cc3)c3cncc(F)c32)C1. The van der Waals surface area contributed by atoms with Crippen LogP contribution in [0.5, 0.6) is 11.5 Å². The van der Waals surface area contributed by atoms with E-state index in [0.717, 1.165) is 18.4 Å². The number of hydrogen-bond acceptors (Lipinski definition) is 6. The van der Waals surface area contributed by atoms with Crippen LogP contribution in [-0.2, 0) is 4.79 Å². The first-order valence-electron chi connectivity index (χ1n) is 11.1. The maximum Gasteiger partial charge on any atom is 0.246 e. The van der Waals surface area contributed by atoms with E-state index in [1.54, 1.807) is 40.2 Å². The number of benzene rings is 1. The van der Waals surface area contributed by atoms with Crippen LogP contribution in [-0.4, -0.2) is 43.6 Å². The normalized spacial score (nSPS) is 15.5. The summed E-state index contributed by atoms with van der Waals surface area (Å²) < 4.78 is 22.5. The average Bonchev–Trinajstić information content (AvgIpc) is 3.30. The zero-order chi connectivity index (χ0) is 24.4. The Morgan fingerprint density at radius 3 is 2.80 bits per heavy atom. The molecule has 3 aromatic heterocycles. The highest BCUT2D eigenvalue weighted by Crippen LogP contribution is 2.34. The quantitative estimate of drug-likeness (QED) is 0.396. The lowest BCUT2D eigenvalue weighted by molar-refractivity contribution is -0.127. The van der Waals surface area contributed by atoms with Crippen LogP contribution in [0.4, 0.5) is 4.39 Å². The van der Waals surface area contributed by atoms with Gasteiger partial charge in [0.15, 0.2) is 5.82 Å². The minimum Gasteiger partial charge on any atom is -0.456 e. The number of rotatable bonds is 5. The number of nitriles is 1. The van der Waals surface area contributed by atoms with Gasteiger partial charge in [0.25, 0.3) is 0 Å². The van der Waals surface area contributed by atoms with E-state index in [9.17, 15) is 14.4 Å². The van der Waals surface area contributed by atoms with Crippen LogP contribution in [0, 0.1) is 17.1 Å². The largest absolute Gasteiger partial charge is 0.456 e. The Balaban J connectivity index is 1.49. The Labute approximate surface area is 200 Å². The molecule has 1 amide bonds. The number of amides is 1. The minimum absolute atomic E-state index is 0.141. The zero-order valence-electron chi connectivity index (χ0n) is 18.8. The zero-order valence-corrected chi connectivity index (χ0v) is 18.8. The molecule has 0 spiro atoms. The van der Waals surface area contributed by atoms with E-state index in [0.29, 0.717) is 46.7 Å². The molecule has 0 aliphatic carbocycles. The summed E-state index contributed by atoms with van der Waals surface area (Å²) in [5.74, 6) is 0.343. The molecule has 9 heteroatoms. The molecular weight excluding hydrogens is 447 g/mol. The molecule has 1 aliphatic rings. The third-order valence-corrected chi connectivity index (χ3v) is 6.05. The van der Waals surface area contributed by atoms with Gasteiger partial charge in [0.05, 0.1) is 12.2 Å². The first-order valence-corrected chi connectivity index (χ1v) is 11.1. The topological polar surface area (TPSA) is 96.9 Å². The molecule has 174 valence electrons. The first-order chi connectivity index (χ1) is 17.1. The predicted octanol–water partition coefficient (Wildman–Crippen LogP) is 4.65. The number of carbonyl (C=O) groups is 1. The smallest absolute Gasteiger partial charge is 0.246 e. The lowest BCUT2D eigenvalue weighted by Gasteiger charge is -2.32. The summed E-state index contributed by atoms with van der Waals surface area (Å²) in [5, 5.41) is 14.6. The number of hydrogen-bond donors (Lipinski definition) is 0. The fraction of sp³-hybridized carbons (Fsp3) is 0.192. The Morgan fingerprint density at radius 1 is 1.20 bits per heavy atom. The molecule has 0 radical (unpaired) electrons. The Hall–Kier alpha value is -4.58. The van der Waals surface area contributed by atoms with Gasteiger partial charge in [-0.15, -0.1) is 0 Å². The predicted molar refractivity (Wildman–Crippen MR) is 127 cm³/mol. The summed E-state index contributed by atoms with van der Waals surface area (Å²) in [5.41, 5.74) is 2.05. The van der Waals surface area contributed by atoms with Crippen molar-refractivity contribution in [3.8, 4) is 28.8 Å². The van der Waals surface area contributed by atoms with Gasteiger partial charge in [-0.05, 0) is 43.2 Å². The van der Waals surface area contributed by atoms with Gasteiger partial charge in [-0.25, -0.2) is 4.39 Å². The summed E-state index contributed by atoms with van der Waals surface area (Å²) in [4.78, 5) is 21.9. The summed E-state index contributed by atoms with van der Waals surface area (Å²) in [7, 11) is 0. The Kier molecular flexibility index (Phi) is 5.94. The molecule has 1 saturated heterocycles. The van der Waals surface area contributed by atoms with E-state index in [2.05, 4.69) is 22.6 Å². The van der Waals surface area contributed by atoms with E-state index in [1.807, 2.05) is 12.1 Å². The summed E-state index contributed by atoms with van der Waals surface area (Å²) in [6, 6.07) is 10.7. The van der Waals surface area contributed by atoms with Crippen LogP contribution >= 0.6 is 0 Å². The molecule has 5 rings (SSSR count). The number of pyridine rings is 2. The molecule has 4 aromatic rings. The van der Waals surface area contributed by atoms with Gasteiger partial charge in [-0.1, -0.05) is 6.58 Å². The van der Waals surface area contributed by atoms with Gasteiger partial charge in [0.2, 0.25) is 5.91 Å². The monoisotopic (exact) mass is 468 g/mol. The lowest BCUT2D eigenvalue weighted by atomic mass is 10.1. The fourth-order valence-corrected chi connectivity index (χ4v) is 4.37. The van der Waals surface area contributed by atoms with Gasteiger partial charge in [-0.2, -0.15) is 10.4 Å². The van der Waals surface area contributed by atoms with E-state index in [-0.39, 0.29) is 11.9 Å². The van der Waals surface area contributed by atoms with Crippen molar-refractivity contribution >= 4 is 16.8 Å². The van der Waals surface area contributed by atoms with Gasteiger partial charge in [-0.3, -0.25) is 19.4 Å². The highest BCUT2D eigenvalue weighted by Gasteiger charge is 2.27. The van der Waals surface area contributed by atoms with Crippen molar-refractivity contribution in [3.05, 3.63) is 79.2 Å². The van der Waals surface area contributed by atoms with Crippen LogP contribution in [0.1, 0.15) is 24.4 Å². The van der Waals surface area contributed by atoms with Crippen molar-refractivity contribution in [1.29, 1.82) is 5.26 Å². The molecule has 1 aliphatic heterocycles. The van der Waals surface area contributed by atoms with Crippen LogP contribution in [0.3, 0.4) is 0 Å². The van der Waals surface area contributed by atoms with Crippen molar-refractivity contribution in [1.82, 2.24) is 24.6 Å². The van der Waals surface area contributed by atoms with Crippen molar-refractivity contribution in [2.24, 2.45) is 0 Å². The van der Waals surface area contributed by atoms with Crippen LogP contribution in [0.25, 0.3) is 22.2 Å². The maximum atomic E-state index is 15.0. The van der Waals surface area contributed by atoms with Gasteiger partial charge >= 0.3 is 0 Å².